The molecule has 180 valence electrons. The molecule has 1 aliphatic heterocycles. The smallest absolute Gasteiger partial charge is 0.257 e. The van der Waals surface area contributed by atoms with Crippen LogP contribution < -0.4 is 10.1 Å². The summed E-state index contributed by atoms with van der Waals surface area (Å²) in [5.41, 5.74) is 1.08. The summed E-state index contributed by atoms with van der Waals surface area (Å²) in [4.78, 5) is 33.6. The zero-order valence-electron chi connectivity index (χ0n) is 20.0. The zero-order valence-corrected chi connectivity index (χ0v) is 20.9. The Hall–Kier alpha value is -2.49. The summed E-state index contributed by atoms with van der Waals surface area (Å²) in [6.45, 7) is 8.42. The van der Waals surface area contributed by atoms with E-state index in [2.05, 4.69) is 29.0 Å². The number of ether oxygens (including phenoxy) is 2. The molecule has 0 radical (unpaired) electrons. The van der Waals surface area contributed by atoms with E-state index < -0.39 is 0 Å². The highest BCUT2D eigenvalue weighted by Crippen LogP contribution is 2.27. The number of carbonyl (C=O) groups is 2. The van der Waals surface area contributed by atoms with Gasteiger partial charge in [-0.15, -0.1) is 11.3 Å². The summed E-state index contributed by atoms with van der Waals surface area (Å²) in [6, 6.07) is 5.26. The highest BCUT2D eigenvalue weighted by molar-refractivity contribution is 7.09. The molecule has 1 aliphatic rings. The van der Waals surface area contributed by atoms with Gasteiger partial charge in [-0.1, -0.05) is 13.8 Å². The van der Waals surface area contributed by atoms with Gasteiger partial charge in [0.05, 0.1) is 18.2 Å². The van der Waals surface area contributed by atoms with E-state index in [4.69, 9.17) is 9.47 Å². The fourth-order valence-electron chi connectivity index (χ4n) is 3.90. The van der Waals surface area contributed by atoms with Gasteiger partial charge in [0, 0.05) is 63.0 Å². The normalized spacial score (nSPS) is 22.6. The van der Waals surface area contributed by atoms with Crippen LogP contribution in [-0.4, -0.2) is 72.6 Å². The number of aromatic nitrogens is 1. The molecule has 33 heavy (non-hydrogen) atoms. The summed E-state index contributed by atoms with van der Waals surface area (Å²) in [5, 5.41) is 5.88. The average Bonchev–Trinajstić information content (AvgIpc) is 3.32. The number of carbonyl (C=O) groups excluding carboxylic acids is 2. The molecule has 3 atom stereocenters. The lowest BCUT2D eigenvalue weighted by Crippen LogP contribution is -2.46. The first-order valence-corrected chi connectivity index (χ1v) is 12.2. The van der Waals surface area contributed by atoms with Crippen LogP contribution in [0.25, 0.3) is 0 Å². The number of nitrogens with one attached hydrogen (secondary N) is 1. The van der Waals surface area contributed by atoms with Crippen molar-refractivity contribution in [3.05, 3.63) is 40.3 Å². The van der Waals surface area contributed by atoms with Gasteiger partial charge in [-0.25, -0.2) is 4.98 Å². The highest BCUT2D eigenvalue weighted by Gasteiger charge is 2.28. The molecule has 9 heteroatoms. The van der Waals surface area contributed by atoms with E-state index in [9.17, 15) is 9.59 Å². The van der Waals surface area contributed by atoms with Crippen molar-refractivity contribution in [3.63, 3.8) is 0 Å². The molecule has 0 bridgehead atoms. The summed E-state index contributed by atoms with van der Waals surface area (Å²) >= 11 is 1.64. The molecule has 0 fully saturated rings. The number of anilines is 1. The van der Waals surface area contributed by atoms with Crippen molar-refractivity contribution in [1.29, 1.82) is 0 Å². The average molecular weight is 475 g/mol. The van der Waals surface area contributed by atoms with Crippen LogP contribution in [-0.2, 0) is 16.1 Å². The fourth-order valence-corrected chi connectivity index (χ4v) is 4.54. The van der Waals surface area contributed by atoms with Gasteiger partial charge in [-0.2, -0.15) is 0 Å². The lowest BCUT2D eigenvalue weighted by molar-refractivity contribution is -0.115. The number of methoxy groups -OCH3 is 1. The van der Waals surface area contributed by atoms with Crippen LogP contribution in [0.1, 0.15) is 42.6 Å². The number of nitrogens with zero attached hydrogens (tertiary/aromatic N) is 3. The van der Waals surface area contributed by atoms with Crippen molar-refractivity contribution in [2.45, 2.75) is 45.9 Å². The Labute approximate surface area is 199 Å². The van der Waals surface area contributed by atoms with Gasteiger partial charge in [-0.05, 0) is 25.0 Å². The SMILES string of the molecule is CCC(=O)Nc1ccc2c(c1)OC[C@H](C)N(Cc1nccs1)C[C@H](C)[C@@H](OC)CN(C)C2=O. The molecule has 0 aliphatic carbocycles. The van der Waals surface area contributed by atoms with E-state index in [0.717, 1.165) is 18.1 Å². The molecular formula is C24H34N4O4S. The minimum Gasteiger partial charge on any atom is -0.491 e. The van der Waals surface area contributed by atoms with Gasteiger partial charge >= 0.3 is 0 Å². The number of hydrogen-bond acceptors (Lipinski definition) is 7. The Morgan fingerprint density at radius 3 is 2.79 bits per heavy atom. The molecule has 0 spiro atoms. The lowest BCUT2D eigenvalue weighted by Gasteiger charge is -2.35. The topological polar surface area (TPSA) is 84.0 Å². The molecule has 1 aromatic carbocycles. The maximum absolute atomic E-state index is 13.3. The number of likely N-dealkylation sites (N-methyl/N-ethyl adjacent to an activating group) is 1. The van der Waals surface area contributed by atoms with Crippen molar-refractivity contribution in [2.75, 3.05) is 39.2 Å². The first kappa shape index (κ1) is 25.1. The molecule has 0 saturated carbocycles. The predicted molar refractivity (Wildman–Crippen MR) is 130 cm³/mol. The van der Waals surface area contributed by atoms with E-state index >= 15 is 0 Å². The van der Waals surface area contributed by atoms with Crippen LogP contribution in [0.3, 0.4) is 0 Å². The molecular weight excluding hydrogens is 440 g/mol. The van der Waals surface area contributed by atoms with Crippen molar-refractivity contribution >= 4 is 28.8 Å². The molecule has 0 saturated heterocycles. The van der Waals surface area contributed by atoms with E-state index in [0.29, 0.717) is 36.6 Å². The third-order valence-electron chi connectivity index (χ3n) is 6.00. The second-order valence-corrected chi connectivity index (χ2v) is 9.54. The number of amides is 2. The number of fused-ring (bicyclic) bond motifs is 1. The largest absolute Gasteiger partial charge is 0.491 e. The van der Waals surface area contributed by atoms with Crippen molar-refractivity contribution in [2.24, 2.45) is 5.92 Å². The molecule has 2 heterocycles. The van der Waals surface area contributed by atoms with E-state index in [-0.39, 0.29) is 29.9 Å². The Morgan fingerprint density at radius 1 is 1.33 bits per heavy atom. The Kier molecular flexibility index (Phi) is 8.82. The second-order valence-electron chi connectivity index (χ2n) is 8.57. The molecule has 2 amide bonds. The standard InChI is InChI=1S/C24H34N4O4S/c1-6-22(29)26-18-7-8-19-20(11-18)32-15-17(3)28(14-23-25-9-10-33-23)12-16(2)21(31-5)13-27(4)24(19)30/h7-11,16-17,21H,6,12-15H2,1-5H3,(H,26,29)/t16-,17-,21-/m0/s1. The molecule has 0 unspecified atom stereocenters. The van der Waals surface area contributed by atoms with Gasteiger partial charge in [0.2, 0.25) is 5.91 Å². The maximum atomic E-state index is 13.3. The van der Waals surface area contributed by atoms with Crippen LogP contribution in [0.2, 0.25) is 0 Å². The first-order valence-electron chi connectivity index (χ1n) is 11.3. The minimum atomic E-state index is -0.138. The van der Waals surface area contributed by atoms with Gasteiger partial charge in [0.1, 0.15) is 17.4 Å². The van der Waals surface area contributed by atoms with Gasteiger partial charge in [-0.3, -0.25) is 14.5 Å². The van der Waals surface area contributed by atoms with Crippen molar-refractivity contribution in [1.82, 2.24) is 14.8 Å². The monoisotopic (exact) mass is 474 g/mol. The maximum Gasteiger partial charge on any atom is 0.257 e. The summed E-state index contributed by atoms with van der Waals surface area (Å²) in [7, 11) is 3.47. The van der Waals surface area contributed by atoms with E-state index in [1.165, 1.54) is 0 Å². The Balaban J connectivity index is 1.93. The third-order valence-corrected chi connectivity index (χ3v) is 6.77. The van der Waals surface area contributed by atoms with Gasteiger partial charge < -0.3 is 19.7 Å². The third kappa shape index (κ3) is 6.52. The molecule has 2 aromatic rings. The van der Waals surface area contributed by atoms with Crippen LogP contribution >= 0.6 is 11.3 Å². The fraction of sp³-hybridized carbons (Fsp3) is 0.542. The van der Waals surface area contributed by atoms with Gasteiger partial charge in [0.25, 0.3) is 5.91 Å². The van der Waals surface area contributed by atoms with Gasteiger partial charge in [0.15, 0.2) is 0 Å². The molecule has 3 rings (SSSR count). The summed E-state index contributed by atoms with van der Waals surface area (Å²) in [5.74, 6) is 0.425. The van der Waals surface area contributed by atoms with Crippen molar-refractivity contribution in [3.8, 4) is 5.75 Å². The lowest BCUT2D eigenvalue weighted by atomic mass is 10.0. The summed E-state index contributed by atoms with van der Waals surface area (Å²) in [6.07, 6.45) is 2.08. The molecule has 1 N–H and O–H groups in total. The zero-order chi connectivity index (χ0) is 24.0. The summed E-state index contributed by atoms with van der Waals surface area (Å²) < 4.78 is 12.0. The first-order chi connectivity index (χ1) is 15.8. The quantitative estimate of drug-likeness (QED) is 0.714. The number of thiazole rings is 1. The van der Waals surface area contributed by atoms with Crippen LogP contribution in [0.4, 0.5) is 5.69 Å². The number of benzene rings is 1. The second kappa shape index (κ2) is 11.6. The van der Waals surface area contributed by atoms with Crippen LogP contribution in [0.5, 0.6) is 5.75 Å². The van der Waals surface area contributed by atoms with E-state index in [1.807, 2.05) is 11.6 Å². The Morgan fingerprint density at radius 2 is 2.12 bits per heavy atom. The number of rotatable bonds is 5. The van der Waals surface area contributed by atoms with Crippen LogP contribution in [0.15, 0.2) is 29.8 Å². The van der Waals surface area contributed by atoms with Crippen LogP contribution in [0, 0.1) is 5.92 Å². The van der Waals surface area contributed by atoms with Crippen molar-refractivity contribution < 1.29 is 19.1 Å². The number of hydrogen-bond donors (Lipinski definition) is 1. The van der Waals surface area contributed by atoms with E-state index in [1.54, 1.807) is 55.5 Å². The molecule has 8 nitrogen and oxygen atoms in total. The highest BCUT2D eigenvalue weighted by atomic mass is 32.1. The minimum absolute atomic E-state index is 0.0721. The predicted octanol–water partition coefficient (Wildman–Crippen LogP) is 3.50. The molecule has 1 aromatic heterocycles. The Bertz CT molecular complexity index is 937.